The molecule has 2 heterocycles. The second-order valence-corrected chi connectivity index (χ2v) is 4.65. The largest absolute Gasteiger partial charge is 0.350 e. The first-order valence-electron chi connectivity index (χ1n) is 5.52. The maximum Gasteiger partial charge on any atom is 0.254 e. The Morgan fingerprint density at radius 3 is 2.89 bits per heavy atom. The molecule has 0 aliphatic carbocycles. The van der Waals surface area contributed by atoms with Crippen molar-refractivity contribution in [1.82, 2.24) is 25.3 Å². The molecule has 0 aliphatic rings. The van der Waals surface area contributed by atoms with E-state index in [9.17, 15) is 4.79 Å². The molecule has 8 heteroatoms. The summed E-state index contributed by atoms with van der Waals surface area (Å²) >= 11 is 11.4. The summed E-state index contributed by atoms with van der Waals surface area (Å²) < 4.78 is 1.75. The van der Waals surface area contributed by atoms with E-state index in [4.69, 9.17) is 23.2 Å². The summed E-state index contributed by atoms with van der Waals surface area (Å²) in [5, 5.41) is 14.1. The van der Waals surface area contributed by atoms with Gasteiger partial charge in [0.25, 0.3) is 5.91 Å². The number of halogens is 2. The van der Waals surface area contributed by atoms with Crippen molar-refractivity contribution in [2.45, 2.75) is 13.5 Å². The fourth-order valence-electron chi connectivity index (χ4n) is 1.48. The number of rotatable bonds is 4. The zero-order chi connectivity index (χ0) is 13.8. The molecule has 0 spiro atoms. The van der Waals surface area contributed by atoms with E-state index in [0.29, 0.717) is 13.1 Å². The average molecular weight is 300 g/mol. The molecule has 0 fully saturated rings. The summed E-state index contributed by atoms with van der Waals surface area (Å²) in [4.78, 5) is 11.9. The molecule has 0 aromatic carbocycles. The number of hydrogen-bond donors (Lipinski definition) is 1. The fourth-order valence-corrected chi connectivity index (χ4v) is 1.81. The molecule has 6 nitrogen and oxygen atoms in total. The highest BCUT2D eigenvalue weighted by atomic mass is 35.5. The summed E-state index contributed by atoms with van der Waals surface area (Å²) in [6, 6.07) is 1.38. The Balaban J connectivity index is 1.92. The lowest BCUT2D eigenvalue weighted by Crippen LogP contribution is -2.27. The number of aromatic nitrogens is 4. The number of amides is 1. The van der Waals surface area contributed by atoms with Gasteiger partial charge in [0.2, 0.25) is 0 Å². The van der Waals surface area contributed by atoms with Crippen LogP contribution in [0.25, 0.3) is 0 Å². The van der Waals surface area contributed by atoms with E-state index in [-0.39, 0.29) is 21.8 Å². The van der Waals surface area contributed by atoms with Crippen molar-refractivity contribution >= 4 is 29.1 Å². The van der Waals surface area contributed by atoms with Crippen LogP contribution in [0.1, 0.15) is 15.9 Å². The van der Waals surface area contributed by atoms with Gasteiger partial charge in [0, 0.05) is 12.7 Å². The SMILES string of the molecule is Cc1cnn(CCNC(=O)c2cc(Cl)nnc2Cl)c1. The van der Waals surface area contributed by atoms with Crippen LogP contribution in [0.4, 0.5) is 0 Å². The molecule has 1 amide bonds. The number of nitrogens with one attached hydrogen (secondary N) is 1. The van der Waals surface area contributed by atoms with Crippen LogP contribution in [0.15, 0.2) is 18.5 Å². The van der Waals surface area contributed by atoms with Crippen LogP contribution in [0.2, 0.25) is 10.3 Å². The first-order chi connectivity index (χ1) is 9.06. The van der Waals surface area contributed by atoms with Crippen LogP contribution in [-0.4, -0.2) is 32.4 Å². The molecule has 0 saturated carbocycles. The lowest BCUT2D eigenvalue weighted by atomic mass is 10.3. The molecule has 0 atom stereocenters. The quantitative estimate of drug-likeness (QED) is 0.933. The van der Waals surface area contributed by atoms with Gasteiger partial charge in [-0.3, -0.25) is 9.48 Å². The smallest absolute Gasteiger partial charge is 0.254 e. The van der Waals surface area contributed by atoms with Crippen molar-refractivity contribution < 1.29 is 4.79 Å². The Morgan fingerprint density at radius 2 is 2.21 bits per heavy atom. The summed E-state index contributed by atoms with van der Waals surface area (Å²) in [5.74, 6) is -0.342. The number of nitrogens with zero attached hydrogens (tertiary/aromatic N) is 4. The minimum Gasteiger partial charge on any atom is -0.350 e. The van der Waals surface area contributed by atoms with E-state index in [1.807, 2.05) is 13.1 Å². The minimum atomic E-state index is -0.342. The van der Waals surface area contributed by atoms with Crippen molar-refractivity contribution in [3.63, 3.8) is 0 Å². The molecule has 0 aliphatic heterocycles. The highest BCUT2D eigenvalue weighted by molar-refractivity contribution is 6.34. The molecule has 2 aromatic rings. The van der Waals surface area contributed by atoms with Crippen LogP contribution in [0.5, 0.6) is 0 Å². The lowest BCUT2D eigenvalue weighted by molar-refractivity contribution is 0.0951. The van der Waals surface area contributed by atoms with Crippen molar-refractivity contribution in [3.8, 4) is 0 Å². The van der Waals surface area contributed by atoms with Gasteiger partial charge in [-0.1, -0.05) is 23.2 Å². The third kappa shape index (κ3) is 3.65. The molecule has 1 N–H and O–H groups in total. The van der Waals surface area contributed by atoms with Gasteiger partial charge in [0.1, 0.15) is 0 Å². The highest BCUT2D eigenvalue weighted by Crippen LogP contribution is 2.14. The average Bonchev–Trinajstić information content (AvgIpc) is 2.78. The molecule has 0 saturated heterocycles. The zero-order valence-corrected chi connectivity index (χ0v) is 11.6. The summed E-state index contributed by atoms with van der Waals surface area (Å²) in [5.41, 5.74) is 1.28. The maximum atomic E-state index is 11.9. The third-order valence-corrected chi connectivity index (χ3v) is 2.82. The third-order valence-electron chi connectivity index (χ3n) is 2.35. The summed E-state index contributed by atoms with van der Waals surface area (Å²) in [6.45, 7) is 2.95. The van der Waals surface area contributed by atoms with E-state index in [2.05, 4.69) is 20.6 Å². The molecule has 0 unspecified atom stereocenters. The summed E-state index contributed by atoms with van der Waals surface area (Å²) in [6.07, 6.45) is 3.65. The van der Waals surface area contributed by atoms with Crippen molar-refractivity contribution in [3.05, 3.63) is 39.9 Å². The normalized spacial score (nSPS) is 10.5. The second kappa shape index (κ2) is 5.99. The molecule has 2 rings (SSSR count). The van der Waals surface area contributed by atoms with Gasteiger partial charge in [-0.15, -0.1) is 10.2 Å². The molecule has 2 aromatic heterocycles. The van der Waals surface area contributed by atoms with Crippen LogP contribution in [0.3, 0.4) is 0 Å². The Bertz CT molecular complexity index is 599. The molecular weight excluding hydrogens is 289 g/mol. The van der Waals surface area contributed by atoms with Gasteiger partial charge < -0.3 is 5.32 Å². The van der Waals surface area contributed by atoms with E-state index < -0.39 is 0 Å². The molecule has 100 valence electrons. The van der Waals surface area contributed by atoms with Crippen LogP contribution in [-0.2, 0) is 6.54 Å². The molecule has 0 radical (unpaired) electrons. The first-order valence-corrected chi connectivity index (χ1v) is 6.28. The number of aryl methyl sites for hydroxylation is 1. The van der Waals surface area contributed by atoms with Crippen molar-refractivity contribution in [2.75, 3.05) is 6.54 Å². The predicted octanol–water partition coefficient (Wildman–Crippen LogP) is 1.72. The van der Waals surface area contributed by atoms with Gasteiger partial charge >= 0.3 is 0 Å². The first kappa shape index (κ1) is 13.8. The van der Waals surface area contributed by atoms with E-state index in [1.54, 1.807) is 10.9 Å². The fraction of sp³-hybridized carbons (Fsp3) is 0.273. The number of carbonyl (C=O) groups is 1. The van der Waals surface area contributed by atoms with Crippen molar-refractivity contribution in [2.24, 2.45) is 0 Å². The lowest BCUT2D eigenvalue weighted by Gasteiger charge is -2.06. The Labute approximate surface area is 119 Å². The van der Waals surface area contributed by atoms with E-state index in [1.165, 1.54) is 6.07 Å². The van der Waals surface area contributed by atoms with Gasteiger partial charge in [0.05, 0.1) is 18.3 Å². The van der Waals surface area contributed by atoms with Crippen molar-refractivity contribution in [1.29, 1.82) is 0 Å². The maximum absolute atomic E-state index is 11.9. The van der Waals surface area contributed by atoms with E-state index in [0.717, 1.165) is 5.56 Å². The Kier molecular flexibility index (Phi) is 4.34. The molecule has 0 bridgehead atoms. The van der Waals surface area contributed by atoms with Crippen LogP contribution < -0.4 is 5.32 Å². The van der Waals surface area contributed by atoms with Gasteiger partial charge in [-0.2, -0.15) is 5.10 Å². The number of hydrogen-bond acceptors (Lipinski definition) is 4. The van der Waals surface area contributed by atoms with Crippen LogP contribution in [0, 0.1) is 6.92 Å². The van der Waals surface area contributed by atoms with E-state index >= 15 is 0 Å². The molecular formula is C11H11Cl2N5O. The highest BCUT2D eigenvalue weighted by Gasteiger charge is 2.12. The minimum absolute atomic E-state index is 0.0248. The number of carbonyl (C=O) groups excluding carboxylic acids is 1. The standard InChI is InChI=1S/C11H11Cl2N5O/c1-7-5-15-18(6-7)3-2-14-11(19)8-4-9(12)16-17-10(8)13/h4-6H,2-3H2,1H3,(H,14,19). The summed E-state index contributed by atoms with van der Waals surface area (Å²) in [7, 11) is 0. The van der Waals surface area contributed by atoms with Crippen LogP contribution >= 0.6 is 23.2 Å². The Morgan fingerprint density at radius 1 is 1.42 bits per heavy atom. The second-order valence-electron chi connectivity index (χ2n) is 3.91. The zero-order valence-electron chi connectivity index (χ0n) is 10.1. The topological polar surface area (TPSA) is 72.7 Å². The van der Waals surface area contributed by atoms with Gasteiger partial charge in [-0.25, -0.2) is 0 Å². The van der Waals surface area contributed by atoms with Gasteiger partial charge in [0.15, 0.2) is 10.3 Å². The monoisotopic (exact) mass is 299 g/mol. The van der Waals surface area contributed by atoms with Gasteiger partial charge in [-0.05, 0) is 18.6 Å². The predicted molar refractivity (Wildman–Crippen MR) is 71.3 cm³/mol. The Hall–Kier alpha value is -1.66. The molecule has 19 heavy (non-hydrogen) atoms.